The smallest absolute Gasteiger partial charge is 0.0373 e. The number of hydrogen-bond donors (Lipinski definition) is 1. The summed E-state index contributed by atoms with van der Waals surface area (Å²) in [6, 6.07) is 6.94. The zero-order valence-electron chi connectivity index (χ0n) is 10.7. The second kappa shape index (κ2) is 4.69. The van der Waals surface area contributed by atoms with Crippen molar-refractivity contribution < 1.29 is 0 Å². The predicted molar refractivity (Wildman–Crippen MR) is 72.3 cm³/mol. The minimum Gasteiger partial charge on any atom is -0.384 e. The fourth-order valence-corrected chi connectivity index (χ4v) is 2.93. The number of nitrogens with zero attached hydrogens (tertiary/aromatic N) is 1. The zero-order valence-corrected chi connectivity index (χ0v) is 10.7. The van der Waals surface area contributed by atoms with Crippen molar-refractivity contribution in [3.05, 3.63) is 29.3 Å². The molecular formula is C15H22N2. The minimum atomic E-state index is 0.926. The molecule has 0 amide bonds. The maximum atomic E-state index is 3.42. The normalized spacial score (nSPS) is 21.2. The summed E-state index contributed by atoms with van der Waals surface area (Å²) in [6.07, 6.45) is 3.93. The third-order valence-electron chi connectivity index (χ3n) is 4.16. The molecule has 2 nitrogen and oxygen atoms in total. The monoisotopic (exact) mass is 230 g/mol. The Morgan fingerprint density at radius 2 is 2.12 bits per heavy atom. The summed E-state index contributed by atoms with van der Waals surface area (Å²) in [6.45, 7) is 7.17. The molecule has 0 atom stereocenters. The highest BCUT2D eigenvalue weighted by Gasteiger charge is 2.16. The van der Waals surface area contributed by atoms with Crippen LogP contribution in [0.1, 0.15) is 30.9 Å². The van der Waals surface area contributed by atoms with Gasteiger partial charge in [-0.05, 0) is 55.5 Å². The quantitative estimate of drug-likeness (QED) is 0.840. The first-order chi connectivity index (χ1) is 8.31. The number of piperidine rings is 1. The maximum Gasteiger partial charge on any atom is 0.0373 e. The van der Waals surface area contributed by atoms with E-state index in [0.29, 0.717) is 0 Å². The van der Waals surface area contributed by atoms with Gasteiger partial charge in [0.05, 0.1) is 0 Å². The average molecular weight is 230 g/mol. The zero-order chi connectivity index (χ0) is 11.7. The van der Waals surface area contributed by atoms with E-state index in [0.717, 1.165) is 19.0 Å². The van der Waals surface area contributed by atoms with E-state index >= 15 is 0 Å². The highest BCUT2D eigenvalue weighted by molar-refractivity contribution is 5.56. The number of rotatable bonds is 2. The molecule has 0 aliphatic carbocycles. The van der Waals surface area contributed by atoms with Gasteiger partial charge in [-0.25, -0.2) is 0 Å². The Labute approximate surface area is 104 Å². The Balaban J connectivity index is 1.65. The van der Waals surface area contributed by atoms with Crippen LogP contribution in [0.15, 0.2) is 18.2 Å². The summed E-state index contributed by atoms with van der Waals surface area (Å²) in [5.41, 5.74) is 4.34. The molecule has 0 saturated carbocycles. The number of fused-ring (bicyclic) bond motifs is 1. The van der Waals surface area contributed by atoms with Crippen LogP contribution in [0.3, 0.4) is 0 Å². The standard InChI is InChI=1S/C15H22N2/c1-12-5-8-17(9-6-12)11-13-2-3-15-14(10-13)4-7-16-15/h2-3,10,12,16H,4-9,11H2,1H3. The van der Waals surface area contributed by atoms with E-state index in [1.165, 1.54) is 49.2 Å². The molecule has 0 unspecified atom stereocenters. The van der Waals surface area contributed by atoms with Gasteiger partial charge in [-0.2, -0.15) is 0 Å². The molecule has 1 aromatic rings. The second-order valence-electron chi connectivity index (χ2n) is 5.63. The minimum absolute atomic E-state index is 0.926. The van der Waals surface area contributed by atoms with E-state index in [2.05, 4.69) is 35.3 Å². The van der Waals surface area contributed by atoms with Crippen molar-refractivity contribution in [3.63, 3.8) is 0 Å². The lowest BCUT2D eigenvalue weighted by atomic mass is 9.98. The van der Waals surface area contributed by atoms with Gasteiger partial charge in [-0.15, -0.1) is 0 Å². The van der Waals surface area contributed by atoms with Crippen molar-refractivity contribution >= 4 is 5.69 Å². The lowest BCUT2D eigenvalue weighted by Gasteiger charge is -2.30. The number of benzene rings is 1. The molecule has 0 radical (unpaired) electrons. The van der Waals surface area contributed by atoms with Gasteiger partial charge < -0.3 is 5.32 Å². The molecule has 1 saturated heterocycles. The van der Waals surface area contributed by atoms with Crippen LogP contribution in [0.4, 0.5) is 5.69 Å². The lowest BCUT2D eigenvalue weighted by molar-refractivity contribution is 0.185. The third-order valence-corrected chi connectivity index (χ3v) is 4.16. The van der Waals surface area contributed by atoms with Crippen LogP contribution < -0.4 is 5.32 Å². The van der Waals surface area contributed by atoms with Crippen molar-refractivity contribution in [1.29, 1.82) is 0 Å². The highest BCUT2D eigenvalue weighted by Crippen LogP contribution is 2.24. The number of hydrogen-bond acceptors (Lipinski definition) is 2. The Morgan fingerprint density at radius 3 is 2.94 bits per heavy atom. The molecule has 92 valence electrons. The first-order valence-electron chi connectivity index (χ1n) is 6.89. The first-order valence-corrected chi connectivity index (χ1v) is 6.89. The van der Waals surface area contributed by atoms with Gasteiger partial charge in [0.25, 0.3) is 0 Å². The van der Waals surface area contributed by atoms with Crippen molar-refractivity contribution in [1.82, 2.24) is 4.90 Å². The second-order valence-corrected chi connectivity index (χ2v) is 5.63. The van der Waals surface area contributed by atoms with Crippen LogP contribution in [0.5, 0.6) is 0 Å². The summed E-state index contributed by atoms with van der Waals surface area (Å²) in [4.78, 5) is 2.60. The first kappa shape index (κ1) is 11.1. The number of likely N-dealkylation sites (tertiary alicyclic amines) is 1. The van der Waals surface area contributed by atoms with E-state index in [-0.39, 0.29) is 0 Å². The van der Waals surface area contributed by atoms with Crippen LogP contribution in [0.2, 0.25) is 0 Å². The van der Waals surface area contributed by atoms with Crippen LogP contribution >= 0.6 is 0 Å². The highest BCUT2D eigenvalue weighted by atomic mass is 15.1. The molecule has 17 heavy (non-hydrogen) atoms. The summed E-state index contributed by atoms with van der Waals surface area (Å²) < 4.78 is 0. The van der Waals surface area contributed by atoms with E-state index in [1.54, 1.807) is 0 Å². The number of anilines is 1. The van der Waals surface area contributed by atoms with E-state index < -0.39 is 0 Å². The van der Waals surface area contributed by atoms with Crippen molar-refractivity contribution in [2.45, 2.75) is 32.7 Å². The summed E-state index contributed by atoms with van der Waals surface area (Å²) >= 11 is 0. The van der Waals surface area contributed by atoms with Crippen molar-refractivity contribution in [2.24, 2.45) is 5.92 Å². The van der Waals surface area contributed by atoms with Gasteiger partial charge in [0.15, 0.2) is 0 Å². The van der Waals surface area contributed by atoms with Crippen molar-refractivity contribution in [3.8, 4) is 0 Å². The van der Waals surface area contributed by atoms with Gasteiger partial charge in [0, 0.05) is 18.8 Å². The molecule has 0 bridgehead atoms. The van der Waals surface area contributed by atoms with E-state index in [9.17, 15) is 0 Å². The molecule has 1 N–H and O–H groups in total. The third kappa shape index (κ3) is 2.47. The summed E-state index contributed by atoms with van der Waals surface area (Å²) in [7, 11) is 0. The molecule has 0 aromatic heterocycles. The van der Waals surface area contributed by atoms with Gasteiger partial charge in [-0.1, -0.05) is 19.1 Å². The van der Waals surface area contributed by atoms with Gasteiger partial charge in [0.2, 0.25) is 0 Å². The van der Waals surface area contributed by atoms with Crippen LogP contribution in [0, 0.1) is 5.92 Å². The fraction of sp³-hybridized carbons (Fsp3) is 0.600. The van der Waals surface area contributed by atoms with Crippen LogP contribution in [-0.2, 0) is 13.0 Å². The molecule has 3 rings (SSSR count). The molecule has 2 heterocycles. The average Bonchev–Trinajstić information content (AvgIpc) is 2.79. The fourth-order valence-electron chi connectivity index (χ4n) is 2.93. The largest absolute Gasteiger partial charge is 0.384 e. The van der Waals surface area contributed by atoms with Crippen molar-refractivity contribution in [2.75, 3.05) is 25.0 Å². The van der Waals surface area contributed by atoms with E-state index in [1.807, 2.05) is 0 Å². The molecular weight excluding hydrogens is 208 g/mol. The van der Waals surface area contributed by atoms with Gasteiger partial charge in [-0.3, -0.25) is 4.90 Å². The van der Waals surface area contributed by atoms with Crippen LogP contribution in [0.25, 0.3) is 0 Å². The molecule has 2 heteroatoms. The van der Waals surface area contributed by atoms with Gasteiger partial charge in [0.1, 0.15) is 0 Å². The molecule has 2 aliphatic rings. The Hall–Kier alpha value is -1.02. The predicted octanol–water partition coefficient (Wildman–Crippen LogP) is 2.89. The molecule has 2 aliphatic heterocycles. The van der Waals surface area contributed by atoms with E-state index in [4.69, 9.17) is 0 Å². The SMILES string of the molecule is CC1CCN(Cc2ccc3c(c2)CCN3)CC1. The molecule has 0 spiro atoms. The Morgan fingerprint density at radius 1 is 1.29 bits per heavy atom. The Bertz CT molecular complexity index is 392. The summed E-state index contributed by atoms with van der Waals surface area (Å²) in [5, 5.41) is 3.42. The van der Waals surface area contributed by atoms with Gasteiger partial charge >= 0.3 is 0 Å². The summed E-state index contributed by atoms with van der Waals surface area (Å²) in [5.74, 6) is 0.926. The molecule has 1 aromatic carbocycles. The maximum absolute atomic E-state index is 3.42. The molecule has 1 fully saturated rings. The number of nitrogens with one attached hydrogen (secondary N) is 1. The Kier molecular flexibility index (Phi) is 3.06. The van der Waals surface area contributed by atoms with Crippen LogP contribution in [-0.4, -0.2) is 24.5 Å². The lowest BCUT2D eigenvalue weighted by Crippen LogP contribution is -2.32. The topological polar surface area (TPSA) is 15.3 Å².